The van der Waals surface area contributed by atoms with Gasteiger partial charge in [0.1, 0.15) is 11.6 Å². The molecule has 31 heavy (non-hydrogen) atoms. The Bertz CT molecular complexity index is 1110. The molecule has 4 rings (SSSR count). The second kappa shape index (κ2) is 9.18. The zero-order chi connectivity index (χ0) is 22.0. The summed E-state index contributed by atoms with van der Waals surface area (Å²) >= 11 is 3.50. The average molecular weight is 483 g/mol. The Labute approximate surface area is 190 Å². The van der Waals surface area contributed by atoms with Gasteiger partial charge in [-0.15, -0.1) is 0 Å². The van der Waals surface area contributed by atoms with Crippen LogP contribution in [0.3, 0.4) is 0 Å². The summed E-state index contributed by atoms with van der Waals surface area (Å²) in [6, 6.07) is 14.0. The van der Waals surface area contributed by atoms with Crippen molar-refractivity contribution in [3.8, 4) is 16.9 Å². The van der Waals surface area contributed by atoms with Gasteiger partial charge in [0.05, 0.1) is 18.8 Å². The van der Waals surface area contributed by atoms with Crippen LogP contribution in [-0.2, 0) is 5.33 Å². The van der Waals surface area contributed by atoms with Crippen molar-refractivity contribution >= 4 is 21.8 Å². The minimum Gasteiger partial charge on any atom is -0.497 e. The summed E-state index contributed by atoms with van der Waals surface area (Å²) < 4.78 is 18.9. The summed E-state index contributed by atoms with van der Waals surface area (Å²) in [5.74, 6) is 0.682. The smallest absolute Gasteiger partial charge is 0.251 e. The highest BCUT2D eigenvalue weighted by molar-refractivity contribution is 9.08. The largest absolute Gasteiger partial charge is 0.497 e. The number of alkyl halides is 1. The number of aryl methyl sites for hydroxylation is 1. The van der Waals surface area contributed by atoms with Crippen LogP contribution >= 0.6 is 15.9 Å². The third-order valence-electron chi connectivity index (χ3n) is 5.60. The summed E-state index contributed by atoms with van der Waals surface area (Å²) in [7, 11) is 1.62. The van der Waals surface area contributed by atoms with Gasteiger partial charge in [-0.3, -0.25) is 9.78 Å². The van der Waals surface area contributed by atoms with Crippen molar-refractivity contribution in [2.45, 2.75) is 31.1 Å². The van der Waals surface area contributed by atoms with Crippen molar-refractivity contribution in [3.63, 3.8) is 0 Å². The van der Waals surface area contributed by atoms with E-state index in [4.69, 9.17) is 4.74 Å². The van der Waals surface area contributed by atoms with Crippen LogP contribution in [0.1, 0.15) is 46.1 Å². The number of halogens is 2. The van der Waals surface area contributed by atoms with E-state index in [0.717, 1.165) is 46.5 Å². The molecule has 1 aliphatic rings. The number of hydrogen-bond acceptors (Lipinski definition) is 3. The normalized spacial score (nSPS) is 14.2. The van der Waals surface area contributed by atoms with Crippen molar-refractivity contribution in [1.29, 1.82) is 0 Å². The van der Waals surface area contributed by atoms with Gasteiger partial charge in [0.15, 0.2) is 0 Å². The molecule has 0 aliphatic heterocycles. The molecule has 0 saturated heterocycles. The number of rotatable bonds is 7. The van der Waals surface area contributed by atoms with Crippen molar-refractivity contribution in [3.05, 3.63) is 82.9 Å². The molecule has 1 saturated carbocycles. The molecule has 160 valence electrons. The summed E-state index contributed by atoms with van der Waals surface area (Å²) in [5, 5.41) is 3.80. The molecular weight excluding hydrogens is 459 g/mol. The SMILES string of the molecule is COc1ccnc(C(NC(=O)c2cc(CBr)cc(-c3ccc(F)cc3C)c2)C2CC2)c1. The van der Waals surface area contributed by atoms with Gasteiger partial charge in [0, 0.05) is 23.2 Å². The lowest BCUT2D eigenvalue weighted by atomic mass is 9.96. The van der Waals surface area contributed by atoms with E-state index in [-0.39, 0.29) is 17.8 Å². The lowest BCUT2D eigenvalue weighted by Crippen LogP contribution is -2.30. The number of hydrogen-bond donors (Lipinski definition) is 1. The lowest BCUT2D eigenvalue weighted by Gasteiger charge is -2.19. The molecule has 3 aromatic rings. The second-order valence-electron chi connectivity index (χ2n) is 7.92. The predicted molar refractivity (Wildman–Crippen MR) is 123 cm³/mol. The Morgan fingerprint density at radius 1 is 1.23 bits per heavy atom. The van der Waals surface area contributed by atoms with Gasteiger partial charge in [-0.05, 0) is 78.3 Å². The summed E-state index contributed by atoms with van der Waals surface area (Å²) in [6.45, 7) is 1.87. The van der Waals surface area contributed by atoms with E-state index in [1.165, 1.54) is 12.1 Å². The fraction of sp³-hybridized carbons (Fsp3) is 0.280. The molecule has 0 spiro atoms. The molecule has 1 atom stereocenters. The Morgan fingerprint density at radius 3 is 2.71 bits per heavy atom. The van der Waals surface area contributed by atoms with Gasteiger partial charge in [-0.25, -0.2) is 4.39 Å². The van der Waals surface area contributed by atoms with E-state index >= 15 is 0 Å². The summed E-state index contributed by atoms with van der Waals surface area (Å²) in [6.07, 6.45) is 3.83. The van der Waals surface area contributed by atoms with Gasteiger partial charge in [-0.2, -0.15) is 0 Å². The van der Waals surface area contributed by atoms with Crippen LogP contribution in [0.25, 0.3) is 11.1 Å². The number of ether oxygens (including phenoxy) is 1. The molecule has 1 amide bonds. The Kier molecular flexibility index (Phi) is 6.37. The highest BCUT2D eigenvalue weighted by Gasteiger charge is 2.34. The minimum atomic E-state index is -0.270. The summed E-state index contributed by atoms with van der Waals surface area (Å²) in [4.78, 5) is 17.7. The molecule has 0 radical (unpaired) electrons. The van der Waals surface area contributed by atoms with Crippen LogP contribution in [0, 0.1) is 18.7 Å². The first kappa shape index (κ1) is 21.5. The van der Waals surface area contributed by atoms with Crippen molar-refractivity contribution in [2.75, 3.05) is 7.11 Å². The predicted octanol–water partition coefficient (Wildman–Crippen LogP) is 5.98. The fourth-order valence-electron chi connectivity index (χ4n) is 3.82. The highest BCUT2D eigenvalue weighted by Crippen LogP contribution is 2.41. The number of nitrogens with zero attached hydrogens (tertiary/aromatic N) is 1. The number of benzene rings is 2. The number of carbonyl (C=O) groups excluding carboxylic acids is 1. The molecule has 1 fully saturated rings. The Balaban J connectivity index is 1.65. The molecule has 1 N–H and O–H groups in total. The van der Waals surface area contributed by atoms with E-state index in [9.17, 15) is 9.18 Å². The average Bonchev–Trinajstić information content (AvgIpc) is 3.62. The van der Waals surface area contributed by atoms with Crippen LogP contribution in [0.2, 0.25) is 0 Å². The first-order chi connectivity index (χ1) is 15.0. The minimum absolute atomic E-state index is 0.148. The zero-order valence-electron chi connectivity index (χ0n) is 17.5. The zero-order valence-corrected chi connectivity index (χ0v) is 19.1. The van der Waals surface area contributed by atoms with Crippen LogP contribution in [-0.4, -0.2) is 18.0 Å². The highest BCUT2D eigenvalue weighted by atomic mass is 79.9. The van der Waals surface area contributed by atoms with Crippen LogP contribution in [0.5, 0.6) is 5.75 Å². The third kappa shape index (κ3) is 4.96. The van der Waals surface area contributed by atoms with Gasteiger partial charge in [0.2, 0.25) is 0 Å². The van der Waals surface area contributed by atoms with Gasteiger partial charge < -0.3 is 10.1 Å². The number of amides is 1. The monoisotopic (exact) mass is 482 g/mol. The van der Waals surface area contributed by atoms with E-state index in [0.29, 0.717) is 16.8 Å². The maximum atomic E-state index is 13.6. The van der Waals surface area contributed by atoms with Crippen molar-refractivity contribution in [2.24, 2.45) is 5.92 Å². The van der Waals surface area contributed by atoms with Gasteiger partial charge >= 0.3 is 0 Å². The maximum absolute atomic E-state index is 13.6. The van der Waals surface area contributed by atoms with Crippen molar-refractivity contribution in [1.82, 2.24) is 10.3 Å². The molecule has 2 aromatic carbocycles. The molecule has 0 bridgehead atoms. The van der Waals surface area contributed by atoms with Crippen LogP contribution in [0.4, 0.5) is 4.39 Å². The number of methoxy groups -OCH3 is 1. The quantitative estimate of drug-likeness (QED) is 0.421. The molecule has 1 aromatic heterocycles. The van der Waals surface area contributed by atoms with E-state index in [2.05, 4.69) is 26.2 Å². The first-order valence-electron chi connectivity index (χ1n) is 10.3. The molecular formula is C25H24BrFN2O2. The molecule has 1 unspecified atom stereocenters. The lowest BCUT2D eigenvalue weighted by molar-refractivity contribution is 0.0930. The Hall–Kier alpha value is -2.73. The fourth-order valence-corrected chi connectivity index (χ4v) is 4.14. The van der Waals surface area contributed by atoms with E-state index < -0.39 is 0 Å². The van der Waals surface area contributed by atoms with E-state index in [1.54, 1.807) is 25.4 Å². The summed E-state index contributed by atoms with van der Waals surface area (Å²) in [5.41, 5.74) is 4.99. The van der Waals surface area contributed by atoms with Crippen LogP contribution < -0.4 is 10.1 Å². The number of nitrogens with one attached hydrogen (secondary N) is 1. The van der Waals surface area contributed by atoms with Gasteiger partial charge in [0.25, 0.3) is 5.91 Å². The number of pyridine rings is 1. The Morgan fingerprint density at radius 2 is 2.03 bits per heavy atom. The maximum Gasteiger partial charge on any atom is 0.251 e. The number of aromatic nitrogens is 1. The topological polar surface area (TPSA) is 51.2 Å². The molecule has 1 aliphatic carbocycles. The van der Waals surface area contributed by atoms with E-state index in [1.807, 2.05) is 31.2 Å². The standard InChI is InChI=1S/C25H24BrFN2O2/c1-15-9-20(27)5-6-22(15)18-10-16(14-26)11-19(12-18)25(30)29-24(17-3-4-17)23-13-21(31-2)7-8-28-23/h5-13,17,24H,3-4,14H2,1-2H3,(H,29,30). The number of carbonyl (C=O) groups is 1. The third-order valence-corrected chi connectivity index (χ3v) is 6.24. The first-order valence-corrected chi connectivity index (χ1v) is 11.4. The van der Waals surface area contributed by atoms with Gasteiger partial charge in [-0.1, -0.05) is 28.1 Å². The van der Waals surface area contributed by atoms with Crippen LogP contribution in [0.15, 0.2) is 54.7 Å². The molecule has 6 heteroatoms. The van der Waals surface area contributed by atoms with Crippen molar-refractivity contribution < 1.29 is 13.9 Å². The molecule has 1 heterocycles. The second-order valence-corrected chi connectivity index (χ2v) is 8.48. The molecule has 4 nitrogen and oxygen atoms in total.